The highest BCUT2D eigenvalue weighted by Crippen LogP contribution is 2.70. The molecule has 2 saturated carbocycles. The molecule has 1 aromatic heterocycles. The third kappa shape index (κ3) is 2.77. The van der Waals surface area contributed by atoms with E-state index >= 15 is 0 Å². The molecule has 2 saturated heterocycles. The predicted molar refractivity (Wildman–Crippen MR) is 143 cm³/mol. The Hall–Kier alpha value is -2.13. The van der Waals surface area contributed by atoms with E-state index in [0.717, 1.165) is 48.7 Å². The van der Waals surface area contributed by atoms with Gasteiger partial charge in [-0.3, -0.25) is 9.88 Å². The molecule has 4 heterocycles. The summed E-state index contributed by atoms with van der Waals surface area (Å²) in [6.45, 7) is 3.80. The Morgan fingerprint density at radius 2 is 1.97 bits per heavy atom. The molecular formula is C31H37N3O4. The van der Waals surface area contributed by atoms with E-state index < -0.39 is 28.8 Å². The number of aromatic nitrogens is 1. The molecule has 7 nitrogen and oxygen atoms in total. The Balaban J connectivity index is 1.20. The van der Waals surface area contributed by atoms with Crippen LogP contribution in [0.3, 0.4) is 0 Å². The lowest BCUT2D eigenvalue weighted by Gasteiger charge is -2.57. The van der Waals surface area contributed by atoms with E-state index in [1.54, 1.807) is 6.20 Å². The maximum Gasteiger partial charge on any atom is 0.121 e. The van der Waals surface area contributed by atoms with Crippen LogP contribution in [-0.2, 0) is 10.3 Å². The first-order valence-electron chi connectivity index (χ1n) is 14.2. The van der Waals surface area contributed by atoms with Crippen LogP contribution in [0.15, 0.2) is 60.0 Å². The average molecular weight is 516 g/mol. The zero-order valence-corrected chi connectivity index (χ0v) is 21.9. The van der Waals surface area contributed by atoms with Gasteiger partial charge in [0.2, 0.25) is 0 Å². The number of aliphatic hydroxyl groups excluding tert-OH is 2. The molecule has 7 heteroatoms. The Kier molecular flexibility index (Phi) is 4.70. The first-order chi connectivity index (χ1) is 18.2. The second kappa shape index (κ2) is 7.53. The third-order valence-electron chi connectivity index (χ3n) is 11.5. The number of likely N-dealkylation sites (tertiary alicyclic amines) is 1. The van der Waals surface area contributed by atoms with Gasteiger partial charge in [-0.05, 0) is 72.8 Å². The molecule has 200 valence electrons. The smallest absolute Gasteiger partial charge is 0.121 e. The number of ether oxygens (including phenoxy) is 1. The minimum atomic E-state index is -1.40. The first-order valence-corrected chi connectivity index (χ1v) is 14.2. The summed E-state index contributed by atoms with van der Waals surface area (Å²) in [5.74, 6) is -0.0282. The first kappa shape index (κ1) is 23.7. The zero-order chi connectivity index (χ0) is 26.1. The number of aliphatic hydroxyl groups is 3. The summed E-state index contributed by atoms with van der Waals surface area (Å²) in [5, 5.41) is 37.2. The van der Waals surface area contributed by atoms with Crippen molar-refractivity contribution in [2.45, 2.75) is 86.5 Å². The van der Waals surface area contributed by atoms with Crippen molar-refractivity contribution >= 4 is 10.8 Å². The standard InChI is InChI=1S/C31H37N3O4/c1-28-6-4-20-11-22-12-25(35)24(34-16-23(32)17-34)14-29(22)7-8-30(20,38-29)26(28)13-27(36)31(28,37)21-3-2-18-5-9-33-15-19(18)10-21/h2-5,9-11,15,23-27,35-37H,6-8,12-14,16-17,32H2,1H3/t24-,25-,26+,27+,28-,29+,30?,31+/m0/s1. The maximum absolute atomic E-state index is 12.5. The molecule has 4 fully saturated rings. The van der Waals surface area contributed by atoms with Crippen molar-refractivity contribution in [3.05, 3.63) is 65.5 Å². The minimum absolute atomic E-state index is 0.0282. The molecule has 3 aliphatic heterocycles. The number of rotatable bonds is 2. The highest BCUT2D eigenvalue weighted by molar-refractivity contribution is 5.82. The Morgan fingerprint density at radius 1 is 1.13 bits per heavy atom. The monoisotopic (exact) mass is 515 g/mol. The van der Waals surface area contributed by atoms with Gasteiger partial charge in [-0.1, -0.05) is 31.2 Å². The van der Waals surface area contributed by atoms with E-state index in [0.29, 0.717) is 19.3 Å². The molecule has 6 aliphatic rings. The molecule has 8 atom stereocenters. The predicted octanol–water partition coefficient (Wildman–Crippen LogP) is 2.53. The number of hydrogen-bond donors (Lipinski definition) is 4. The molecule has 1 aromatic carbocycles. The van der Waals surface area contributed by atoms with Crippen LogP contribution < -0.4 is 5.73 Å². The second-order valence-electron chi connectivity index (χ2n) is 13.2. The Morgan fingerprint density at radius 3 is 2.79 bits per heavy atom. The largest absolute Gasteiger partial charge is 0.391 e. The molecule has 0 amide bonds. The third-order valence-corrected chi connectivity index (χ3v) is 11.5. The van der Waals surface area contributed by atoms with Crippen LogP contribution in [0.2, 0.25) is 0 Å². The van der Waals surface area contributed by atoms with E-state index in [-0.39, 0.29) is 23.6 Å². The van der Waals surface area contributed by atoms with Crippen molar-refractivity contribution in [2.75, 3.05) is 13.1 Å². The van der Waals surface area contributed by atoms with E-state index in [1.165, 1.54) is 11.1 Å². The molecule has 2 aromatic rings. The van der Waals surface area contributed by atoms with Gasteiger partial charge in [0.1, 0.15) is 5.60 Å². The van der Waals surface area contributed by atoms with Crippen LogP contribution in [0, 0.1) is 11.3 Å². The van der Waals surface area contributed by atoms with Crippen LogP contribution in [-0.4, -0.2) is 73.8 Å². The van der Waals surface area contributed by atoms with Gasteiger partial charge in [-0.2, -0.15) is 0 Å². The van der Waals surface area contributed by atoms with Crippen molar-refractivity contribution in [3.63, 3.8) is 0 Å². The van der Waals surface area contributed by atoms with Crippen LogP contribution in [0.4, 0.5) is 0 Å². The van der Waals surface area contributed by atoms with Crippen molar-refractivity contribution in [3.8, 4) is 0 Å². The number of nitrogens with zero attached hydrogens (tertiary/aromatic N) is 2. The van der Waals surface area contributed by atoms with E-state index in [9.17, 15) is 15.3 Å². The molecule has 2 spiro atoms. The molecule has 2 bridgehead atoms. The number of fused-ring (bicyclic) bond motifs is 2. The lowest BCUT2D eigenvalue weighted by molar-refractivity contribution is -0.181. The fourth-order valence-corrected chi connectivity index (χ4v) is 9.40. The molecule has 5 N–H and O–H groups in total. The summed E-state index contributed by atoms with van der Waals surface area (Å²) in [6, 6.07) is 8.19. The summed E-state index contributed by atoms with van der Waals surface area (Å²) in [5.41, 5.74) is 6.30. The zero-order valence-electron chi connectivity index (χ0n) is 21.9. The number of benzene rings is 1. The summed E-state index contributed by atoms with van der Waals surface area (Å²) in [7, 11) is 0. The quantitative estimate of drug-likeness (QED) is 0.486. The summed E-state index contributed by atoms with van der Waals surface area (Å²) in [4.78, 5) is 6.59. The highest BCUT2D eigenvalue weighted by Gasteiger charge is 2.73. The van der Waals surface area contributed by atoms with Gasteiger partial charge in [-0.25, -0.2) is 0 Å². The molecular weight excluding hydrogens is 478 g/mol. The SMILES string of the molecule is C[C@]12CC=C3C=C4C[C@H](O)[C@@H](N5CC(N)C5)C[C@]45CCC3(O5)[C@@H]1C[C@@H](O)[C@]2(O)c1ccc2ccncc2c1. The van der Waals surface area contributed by atoms with E-state index in [1.807, 2.05) is 30.5 Å². The molecule has 8 rings (SSSR count). The van der Waals surface area contributed by atoms with E-state index in [2.05, 4.69) is 29.0 Å². The van der Waals surface area contributed by atoms with Crippen LogP contribution >= 0.6 is 0 Å². The Labute approximate surface area is 223 Å². The number of hydrogen-bond acceptors (Lipinski definition) is 7. The minimum Gasteiger partial charge on any atom is -0.391 e. The van der Waals surface area contributed by atoms with Crippen LogP contribution in [0.5, 0.6) is 0 Å². The number of nitrogens with two attached hydrogens (primary N) is 1. The van der Waals surface area contributed by atoms with Crippen molar-refractivity contribution in [1.29, 1.82) is 0 Å². The molecule has 38 heavy (non-hydrogen) atoms. The summed E-state index contributed by atoms with van der Waals surface area (Å²) in [6.07, 6.45) is 11.2. The summed E-state index contributed by atoms with van der Waals surface area (Å²) >= 11 is 0. The van der Waals surface area contributed by atoms with Crippen LogP contribution in [0.1, 0.15) is 51.0 Å². The van der Waals surface area contributed by atoms with Gasteiger partial charge in [0.15, 0.2) is 0 Å². The summed E-state index contributed by atoms with van der Waals surface area (Å²) < 4.78 is 7.29. The maximum atomic E-state index is 12.5. The topological polar surface area (TPSA) is 112 Å². The lowest BCUT2D eigenvalue weighted by Crippen LogP contribution is -2.65. The van der Waals surface area contributed by atoms with Crippen molar-refractivity contribution < 1.29 is 20.1 Å². The van der Waals surface area contributed by atoms with Gasteiger partial charge in [0, 0.05) is 54.3 Å². The fourth-order valence-electron chi connectivity index (χ4n) is 9.40. The van der Waals surface area contributed by atoms with Gasteiger partial charge < -0.3 is 25.8 Å². The molecule has 0 radical (unpaired) electrons. The van der Waals surface area contributed by atoms with Crippen molar-refractivity contribution in [2.24, 2.45) is 17.1 Å². The number of pyridine rings is 1. The normalized spacial score (nSPS) is 46.1. The van der Waals surface area contributed by atoms with Gasteiger partial charge in [0.05, 0.1) is 23.4 Å². The molecule has 3 aliphatic carbocycles. The van der Waals surface area contributed by atoms with Crippen molar-refractivity contribution in [1.82, 2.24) is 9.88 Å². The van der Waals surface area contributed by atoms with E-state index in [4.69, 9.17) is 10.5 Å². The van der Waals surface area contributed by atoms with Crippen LogP contribution in [0.25, 0.3) is 10.8 Å². The molecule has 1 unspecified atom stereocenters. The second-order valence-corrected chi connectivity index (χ2v) is 13.2. The number of allylic oxidation sites excluding steroid dienone is 1. The van der Waals surface area contributed by atoms with Gasteiger partial charge in [0.25, 0.3) is 0 Å². The highest BCUT2D eigenvalue weighted by atomic mass is 16.5. The lowest BCUT2D eigenvalue weighted by atomic mass is 9.56. The average Bonchev–Trinajstić information content (AvgIpc) is 3.32. The fraction of sp³-hybridized carbons (Fsp3) is 0.581. The van der Waals surface area contributed by atoms with Gasteiger partial charge in [-0.15, -0.1) is 0 Å². The van der Waals surface area contributed by atoms with Gasteiger partial charge >= 0.3 is 0 Å². The Bertz CT molecular complexity index is 1400.